The molecule has 0 unspecified atom stereocenters. The zero-order chi connectivity index (χ0) is 44.7. The van der Waals surface area contributed by atoms with Crippen molar-refractivity contribution in [1.29, 1.82) is 0 Å². The van der Waals surface area contributed by atoms with E-state index in [1.165, 1.54) is 78.1 Å². The molecule has 0 aromatic heterocycles. The maximum atomic E-state index is 2.69. The van der Waals surface area contributed by atoms with Gasteiger partial charge in [-0.05, 0) is 0 Å². The van der Waals surface area contributed by atoms with Crippen molar-refractivity contribution < 1.29 is 0 Å². The van der Waals surface area contributed by atoms with Crippen molar-refractivity contribution >= 4 is 71.9 Å². The molecule has 6 heteroatoms. The normalized spacial score (nSPS) is 14.5. The summed E-state index contributed by atoms with van der Waals surface area (Å²) in [5, 5.41) is 2.58. The Morgan fingerprint density at radius 1 is 0.284 bits per heavy atom. The van der Waals surface area contributed by atoms with Crippen LogP contribution in [0, 0.1) is 0 Å². The quantitative estimate of drug-likeness (QED) is 0.134. The molecule has 2 heterocycles. The van der Waals surface area contributed by atoms with Crippen molar-refractivity contribution in [1.82, 2.24) is 0 Å². The van der Waals surface area contributed by atoms with E-state index in [1.54, 1.807) is 0 Å². The topological polar surface area (TPSA) is 13.0 Å². The summed E-state index contributed by atoms with van der Waals surface area (Å²) in [5.74, 6) is 0. The van der Waals surface area contributed by atoms with Gasteiger partial charge in [0.1, 0.15) is 0 Å². The van der Waals surface area contributed by atoms with Crippen molar-refractivity contribution in [3.8, 4) is 33.4 Å². The fourth-order valence-corrected chi connectivity index (χ4v) is 17.1. The Morgan fingerprint density at radius 3 is 1.00 bits per heavy atom. The summed E-state index contributed by atoms with van der Waals surface area (Å²) in [4.78, 5) is 0. The fourth-order valence-electron chi connectivity index (χ4n) is 10.1. The second-order valence-electron chi connectivity index (χ2n) is 17.2. The Balaban J connectivity index is 1.18. The van der Waals surface area contributed by atoms with E-state index < -0.39 is 15.8 Å². The van der Waals surface area contributed by atoms with Crippen molar-refractivity contribution in [3.63, 3.8) is 0 Å². The molecule has 4 nitrogen and oxygen atoms in total. The average Bonchev–Trinajstić information content (AvgIpc) is 3.90. The van der Waals surface area contributed by atoms with E-state index in [0.717, 1.165) is 11.4 Å². The molecule has 0 aliphatic carbocycles. The zero-order valence-corrected chi connectivity index (χ0v) is 39.0. The van der Waals surface area contributed by atoms with Crippen LogP contribution < -0.4 is 29.3 Å². The number of fused-ring (bicyclic) bond motifs is 2. The van der Waals surface area contributed by atoms with Gasteiger partial charge in [-0.15, -0.1) is 0 Å². The Kier molecular flexibility index (Phi) is 10.5. The fraction of sp³-hybridized carbons (Fsp3) is 0.0164. The Morgan fingerprint density at radius 2 is 0.597 bits per heavy atom. The van der Waals surface area contributed by atoms with Crippen LogP contribution in [0.5, 0.6) is 0 Å². The molecule has 10 aromatic carbocycles. The number of para-hydroxylation sites is 8. The summed E-state index contributed by atoms with van der Waals surface area (Å²) >= 11 is 0. The van der Waals surface area contributed by atoms with Crippen LogP contribution in [0.15, 0.2) is 267 Å². The molecule has 67 heavy (non-hydrogen) atoms. The summed E-state index contributed by atoms with van der Waals surface area (Å²) < 4.78 is 10.6. The van der Waals surface area contributed by atoms with Gasteiger partial charge in [0.05, 0.1) is 0 Å². The molecule has 2 aliphatic heterocycles. The van der Waals surface area contributed by atoms with Crippen LogP contribution >= 0.6 is 15.8 Å². The molecule has 0 N–H and O–H groups in total. The molecule has 0 spiro atoms. The summed E-state index contributed by atoms with van der Waals surface area (Å²) in [6.07, 6.45) is 0. The first kappa shape index (κ1) is 40.7. The molecule has 322 valence electrons. The number of anilines is 8. The molecule has 0 bridgehead atoms. The first-order valence-electron chi connectivity index (χ1n) is 22.9. The van der Waals surface area contributed by atoms with Crippen LogP contribution in [-0.2, 0) is 0 Å². The van der Waals surface area contributed by atoms with Crippen LogP contribution in [-0.4, -0.2) is 6.66 Å². The van der Waals surface area contributed by atoms with Gasteiger partial charge in [0.25, 0.3) is 0 Å². The van der Waals surface area contributed by atoms with Gasteiger partial charge in [0, 0.05) is 0 Å². The van der Waals surface area contributed by atoms with Crippen molar-refractivity contribution in [2.24, 2.45) is 0 Å². The molecule has 0 saturated carbocycles. The minimum absolute atomic E-state index is 1.16. The molecule has 10 aromatic rings. The monoisotopic (exact) mass is 898 g/mol. The van der Waals surface area contributed by atoms with Crippen LogP contribution in [0.25, 0.3) is 33.4 Å². The number of rotatable bonds is 9. The summed E-state index contributed by atoms with van der Waals surface area (Å²) in [6.45, 7) is 2.55. The Labute approximate surface area is 395 Å². The van der Waals surface area contributed by atoms with Crippen LogP contribution in [0.1, 0.15) is 0 Å². The summed E-state index contributed by atoms with van der Waals surface area (Å²) in [5.41, 5.74) is 16.6. The van der Waals surface area contributed by atoms with E-state index in [2.05, 4.69) is 292 Å². The molecule has 0 radical (unpaired) electrons. The predicted molar refractivity (Wildman–Crippen MR) is 290 cm³/mol. The summed E-state index contributed by atoms with van der Waals surface area (Å²) in [7, 11) is -4.30. The third-order valence-electron chi connectivity index (χ3n) is 13.2. The van der Waals surface area contributed by atoms with Crippen molar-refractivity contribution in [2.75, 3.05) is 25.3 Å². The Bertz CT molecular complexity index is 3150. The van der Waals surface area contributed by atoms with Gasteiger partial charge < -0.3 is 0 Å². The number of hydrogen-bond donors (Lipinski definition) is 0. The molecule has 2 aliphatic rings. The molecule has 0 atom stereocenters. The summed E-state index contributed by atoms with van der Waals surface area (Å²) in [6, 6.07) is 98.4. The van der Waals surface area contributed by atoms with E-state index in [1.807, 2.05) is 0 Å². The standard InChI is InChI=1S/C61H48N4P2/c1-67(64(54-32-16-6-17-33-54)60-38-22-23-39-61(60)65(67)55-34-18-7-19-35-55)57-44-51(50-41-48(46-24-8-2-9-25-46)40-49(42-50)47-26-10-3-11-27-47)43-56(45-57)66-62(52-28-12-4-13-29-52)58-36-20-21-37-59(58)63(66)53-30-14-5-15-31-53/h2-45,67H,1H3. The van der Waals surface area contributed by atoms with Gasteiger partial charge in [-0.25, -0.2) is 0 Å². The van der Waals surface area contributed by atoms with Crippen LogP contribution in [0.4, 0.5) is 45.5 Å². The third kappa shape index (κ3) is 7.18. The van der Waals surface area contributed by atoms with Gasteiger partial charge in [0.2, 0.25) is 0 Å². The minimum atomic E-state index is -3.05. The Hall–Kier alpha value is -7.74. The van der Waals surface area contributed by atoms with Gasteiger partial charge in [-0.1, -0.05) is 0 Å². The van der Waals surface area contributed by atoms with Gasteiger partial charge in [-0.2, -0.15) is 0 Å². The van der Waals surface area contributed by atoms with Gasteiger partial charge in [0.15, 0.2) is 0 Å². The molecular weight excluding hydrogens is 851 g/mol. The van der Waals surface area contributed by atoms with Crippen LogP contribution in [0.3, 0.4) is 0 Å². The second-order valence-corrected chi connectivity index (χ2v) is 22.6. The molecular formula is C61H48N4P2. The number of benzene rings is 10. The van der Waals surface area contributed by atoms with Gasteiger partial charge >= 0.3 is 398 Å². The van der Waals surface area contributed by atoms with Crippen molar-refractivity contribution in [3.05, 3.63) is 267 Å². The van der Waals surface area contributed by atoms with Crippen molar-refractivity contribution in [2.45, 2.75) is 0 Å². The first-order chi connectivity index (χ1) is 33.1. The van der Waals surface area contributed by atoms with E-state index in [4.69, 9.17) is 0 Å². The molecule has 12 rings (SSSR count). The van der Waals surface area contributed by atoms with E-state index in [9.17, 15) is 0 Å². The molecule has 0 saturated heterocycles. The SMILES string of the molecule is C[PH]1(c2cc(-c3cc(-c4ccccc4)cc(-c4ccccc4)c3)cc(P3N(c4ccccc4)c4ccccc4N3c3ccccc3)c2)N(c2ccccc2)c2ccccc2N1c1ccccc1. The van der Waals surface area contributed by atoms with Gasteiger partial charge in [-0.3, -0.25) is 0 Å². The third-order valence-corrected chi connectivity index (χ3v) is 19.7. The predicted octanol–water partition coefficient (Wildman–Crippen LogP) is 16.4. The second kappa shape index (κ2) is 17.2. The van der Waals surface area contributed by atoms with E-state index >= 15 is 0 Å². The van der Waals surface area contributed by atoms with Crippen LogP contribution in [0.2, 0.25) is 0 Å². The zero-order valence-electron chi connectivity index (χ0n) is 37.1. The molecule has 0 fully saturated rings. The number of nitrogens with zero attached hydrogens (tertiary/aromatic N) is 4. The first-order valence-corrected chi connectivity index (χ1v) is 26.6. The maximum absolute atomic E-state index is 3.05. The molecule has 0 amide bonds. The number of hydrogen-bond acceptors (Lipinski definition) is 4. The average molecular weight is 899 g/mol. The van der Waals surface area contributed by atoms with E-state index in [0.29, 0.717) is 0 Å². The van der Waals surface area contributed by atoms with E-state index in [-0.39, 0.29) is 0 Å².